The van der Waals surface area contributed by atoms with Crippen molar-refractivity contribution in [2.24, 2.45) is 4.99 Å². The van der Waals surface area contributed by atoms with E-state index in [1.807, 2.05) is 19.9 Å². The van der Waals surface area contributed by atoms with Crippen molar-refractivity contribution >= 4 is 11.7 Å². The maximum absolute atomic E-state index is 11.2. The molecule has 0 radical (unpaired) electrons. The summed E-state index contributed by atoms with van der Waals surface area (Å²) in [6.07, 6.45) is 1.83. The van der Waals surface area contributed by atoms with Crippen LogP contribution in [-0.4, -0.2) is 25.3 Å². The molecule has 3 nitrogen and oxygen atoms in total. The number of allylic oxidation sites excluding steroid dienone is 1. The molecule has 0 N–H and O–H groups in total. The van der Waals surface area contributed by atoms with Crippen LogP contribution in [0.2, 0.25) is 0 Å². The van der Waals surface area contributed by atoms with Crippen LogP contribution in [0.4, 0.5) is 0 Å². The third-order valence-corrected chi connectivity index (χ3v) is 1.50. The van der Waals surface area contributed by atoms with Crippen LogP contribution in [0, 0.1) is 0 Å². The van der Waals surface area contributed by atoms with E-state index >= 15 is 0 Å². The van der Waals surface area contributed by atoms with Gasteiger partial charge in [-0.25, -0.2) is 4.79 Å². The van der Waals surface area contributed by atoms with E-state index in [9.17, 15) is 4.79 Å². The Kier molecular flexibility index (Phi) is 5.00. The van der Waals surface area contributed by atoms with Gasteiger partial charge in [-0.15, -0.1) is 0 Å². The Morgan fingerprint density at radius 1 is 1.58 bits per heavy atom. The largest absolute Gasteiger partial charge is 0.461 e. The Bertz CT molecular complexity index is 217. The summed E-state index contributed by atoms with van der Waals surface area (Å²) in [5.41, 5.74) is 1.25. The van der Waals surface area contributed by atoms with Gasteiger partial charge in [0, 0.05) is 7.05 Å². The molecule has 0 aliphatic carbocycles. The second-order valence-electron chi connectivity index (χ2n) is 2.26. The summed E-state index contributed by atoms with van der Waals surface area (Å²) < 4.78 is 4.81. The monoisotopic (exact) mass is 169 g/mol. The molecule has 0 saturated carbocycles. The van der Waals surface area contributed by atoms with Crippen molar-refractivity contribution in [2.75, 3.05) is 13.7 Å². The van der Waals surface area contributed by atoms with Gasteiger partial charge in [-0.2, -0.15) is 0 Å². The van der Waals surface area contributed by atoms with Gasteiger partial charge in [0.1, 0.15) is 5.71 Å². The molecule has 0 fully saturated rings. The lowest BCUT2D eigenvalue weighted by Gasteiger charge is -2.04. The fourth-order valence-electron chi connectivity index (χ4n) is 0.765. The third kappa shape index (κ3) is 2.86. The van der Waals surface area contributed by atoms with Crippen LogP contribution in [0.5, 0.6) is 0 Å². The first-order chi connectivity index (χ1) is 5.67. The predicted molar refractivity (Wildman–Crippen MR) is 49.4 cm³/mol. The molecule has 0 aromatic rings. The highest BCUT2D eigenvalue weighted by Gasteiger charge is 2.12. The summed E-state index contributed by atoms with van der Waals surface area (Å²) in [4.78, 5) is 15.0. The van der Waals surface area contributed by atoms with Gasteiger partial charge in [0.2, 0.25) is 0 Å². The Morgan fingerprint density at radius 3 is 2.50 bits per heavy atom. The van der Waals surface area contributed by atoms with Crippen molar-refractivity contribution in [1.29, 1.82) is 0 Å². The number of hydrogen-bond acceptors (Lipinski definition) is 3. The number of carbonyl (C=O) groups excluding carboxylic acids is 1. The lowest BCUT2D eigenvalue weighted by Crippen LogP contribution is -2.18. The minimum absolute atomic E-state index is 0.351. The number of rotatable bonds is 3. The lowest BCUT2D eigenvalue weighted by atomic mass is 10.2. The second-order valence-corrected chi connectivity index (χ2v) is 2.26. The van der Waals surface area contributed by atoms with Gasteiger partial charge in [0.25, 0.3) is 0 Å². The molecule has 0 rings (SSSR count). The first-order valence-corrected chi connectivity index (χ1v) is 3.94. The number of aliphatic imine (C=N–C) groups is 1. The number of esters is 1. The molecule has 0 atom stereocenters. The molecular formula is C9H15NO2. The van der Waals surface area contributed by atoms with E-state index in [1.54, 1.807) is 14.0 Å². The van der Waals surface area contributed by atoms with E-state index in [1.165, 1.54) is 0 Å². The van der Waals surface area contributed by atoms with E-state index in [0.29, 0.717) is 12.3 Å². The summed E-state index contributed by atoms with van der Waals surface area (Å²) in [6.45, 7) is 5.85. The van der Waals surface area contributed by atoms with E-state index in [4.69, 9.17) is 4.74 Å². The number of carbonyl (C=O) groups is 1. The average Bonchev–Trinajstić information content (AvgIpc) is 2.06. The van der Waals surface area contributed by atoms with Gasteiger partial charge in [-0.05, 0) is 26.3 Å². The molecule has 0 saturated heterocycles. The summed E-state index contributed by atoms with van der Waals surface area (Å²) in [5.74, 6) is -0.351. The average molecular weight is 169 g/mol. The number of ether oxygens (including phenoxy) is 1. The van der Waals surface area contributed by atoms with Crippen molar-refractivity contribution in [3.63, 3.8) is 0 Å². The van der Waals surface area contributed by atoms with E-state index < -0.39 is 0 Å². The smallest absolute Gasteiger partial charge is 0.356 e. The van der Waals surface area contributed by atoms with Gasteiger partial charge in [-0.1, -0.05) is 6.08 Å². The standard InChI is InChI=1S/C9H15NO2/c1-5-7(3)8(10-4)9(11)12-6-2/h5H,6H2,1-4H3/b7-5-,10-8?. The molecule has 12 heavy (non-hydrogen) atoms. The molecule has 0 aromatic heterocycles. The minimum Gasteiger partial charge on any atom is -0.461 e. The SMILES string of the molecule is C/C=C(/C)C(=NC)C(=O)OCC. The summed E-state index contributed by atoms with van der Waals surface area (Å²) >= 11 is 0. The van der Waals surface area contributed by atoms with Gasteiger partial charge >= 0.3 is 5.97 Å². The molecule has 0 bridgehead atoms. The maximum Gasteiger partial charge on any atom is 0.356 e. The summed E-state index contributed by atoms with van der Waals surface area (Å²) in [6, 6.07) is 0. The van der Waals surface area contributed by atoms with E-state index in [-0.39, 0.29) is 5.97 Å². The fourth-order valence-corrected chi connectivity index (χ4v) is 0.765. The number of hydrogen-bond donors (Lipinski definition) is 0. The van der Waals surface area contributed by atoms with Crippen LogP contribution >= 0.6 is 0 Å². The quantitative estimate of drug-likeness (QED) is 0.475. The predicted octanol–water partition coefficient (Wildman–Crippen LogP) is 1.59. The van der Waals surface area contributed by atoms with Crippen LogP contribution in [-0.2, 0) is 9.53 Å². The zero-order valence-electron chi connectivity index (χ0n) is 8.05. The highest BCUT2D eigenvalue weighted by atomic mass is 16.5. The molecule has 0 heterocycles. The zero-order chi connectivity index (χ0) is 9.56. The highest BCUT2D eigenvalue weighted by Crippen LogP contribution is 1.98. The second kappa shape index (κ2) is 5.52. The third-order valence-electron chi connectivity index (χ3n) is 1.50. The first-order valence-electron chi connectivity index (χ1n) is 3.94. The molecule has 0 aliphatic rings. The van der Waals surface area contributed by atoms with Crippen molar-refractivity contribution in [2.45, 2.75) is 20.8 Å². The molecule has 3 heteroatoms. The topological polar surface area (TPSA) is 38.7 Å². The minimum atomic E-state index is -0.351. The van der Waals surface area contributed by atoms with Crippen LogP contribution in [0.25, 0.3) is 0 Å². The lowest BCUT2D eigenvalue weighted by molar-refractivity contribution is -0.134. The van der Waals surface area contributed by atoms with Crippen LogP contribution in [0.15, 0.2) is 16.6 Å². The van der Waals surface area contributed by atoms with E-state index in [2.05, 4.69) is 4.99 Å². The molecule has 0 unspecified atom stereocenters. The van der Waals surface area contributed by atoms with Crippen molar-refractivity contribution < 1.29 is 9.53 Å². The van der Waals surface area contributed by atoms with Crippen molar-refractivity contribution in [3.05, 3.63) is 11.6 Å². The van der Waals surface area contributed by atoms with E-state index in [0.717, 1.165) is 5.57 Å². The van der Waals surface area contributed by atoms with Gasteiger partial charge in [-0.3, -0.25) is 4.99 Å². The molecule has 0 spiro atoms. The molecule has 0 aliphatic heterocycles. The fraction of sp³-hybridized carbons (Fsp3) is 0.556. The van der Waals surface area contributed by atoms with Crippen LogP contribution in [0.3, 0.4) is 0 Å². The van der Waals surface area contributed by atoms with Gasteiger partial charge < -0.3 is 4.74 Å². The van der Waals surface area contributed by atoms with Crippen molar-refractivity contribution in [1.82, 2.24) is 0 Å². The van der Waals surface area contributed by atoms with Crippen molar-refractivity contribution in [3.8, 4) is 0 Å². The zero-order valence-corrected chi connectivity index (χ0v) is 8.05. The molecular weight excluding hydrogens is 154 g/mol. The maximum atomic E-state index is 11.2. The normalized spacial score (nSPS) is 13.0. The molecule has 68 valence electrons. The van der Waals surface area contributed by atoms with Crippen LogP contribution in [0.1, 0.15) is 20.8 Å². The number of nitrogens with zero attached hydrogens (tertiary/aromatic N) is 1. The molecule has 0 aromatic carbocycles. The summed E-state index contributed by atoms with van der Waals surface area (Å²) in [7, 11) is 1.58. The van der Waals surface area contributed by atoms with Gasteiger partial charge in [0.15, 0.2) is 0 Å². The Morgan fingerprint density at radius 2 is 2.17 bits per heavy atom. The Labute approximate surface area is 73.1 Å². The van der Waals surface area contributed by atoms with Crippen LogP contribution < -0.4 is 0 Å². The first kappa shape index (κ1) is 10.9. The molecule has 0 amide bonds. The Hall–Kier alpha value is -1.12. The Balaban J connectivity index is 4.48. The summed E-state index contributed by atoms with van der Waals surface area (Å²) in [5, 5.41) is 0. The highest BCUT2D eigenvalue weighted by molar-refractivity contribution is 6.43. The van der Waals surface area contributed by atoms with Gasteiger partial charge in [0.05, 0.1) is 6.61 Å².